The zero-order chi connectivity index (χ0) is 17.2. The molecule has 3 aromatic rings. The molecule has 0 bridgehead atoms. The third-order valence-electron chi connectivity index (χ3n) is 3.62. The first-order valence-corrected chi connectivity index (χ1v) is 8.36. The van der Waals surface area contributed by atoms with Gasteiger partial charge in [0.25, 0.3) is 5.91 Å². The van der Waals surface area contributed by atoms with Crippen molar-refractivity contribution in [1.82, 2.24) is 15.2 Å². The molecule has 0 unspecified atom stereocenters. The molecule has 1 aliphatic heterocycles. The molecule has 0 fully saturated rings. The van der Waals surface area contributed by atoms with Gasteiger partial charge in [-0.15, -0.1) is 5.10 Å². The van der Waals surface area contributed by atoms with Crippen LogP contribution in [-0.2, 0) is 4.79 Å². The van der Waals surface area contributed by atoms with Crippen LogP contribution < -0.4 is 14.8 Å². The summed E-state index contributed by atoms with van der Waals surface area (Å²) in [5, 5.41) is 9.46. The van der Waals surface area contributed by atoms with E-state index in [0.29, 0.717) is 17.3 Å². The van der Waals surface area contributed by atoms with Crippen LogP contribution in [0.4, 0.5) is 5.95 Å². The summed E-state index contributed by atoms with van der Waals surface area (Å²) < 4.78 is 12.1. The fraction of sp³-hybridized carbons (Fsp3) is 0.118. The first-order chi connectivity index (χ1) is 12.2. The number of amides is 1. The lowest BCUT2D eigenvalue weighted by atomic mass is 10.2. The third-order valence-corrected chi connectivity index (χ3v) is 4.11. The second-order valence-electron chi connectivity index (χ2n) is 5.37. The summed E-state index contributed by atoms with van der Waals surface area (Å²) in [6, 6.07) is 14.8. The SMILES string of the molecule is O=C(Nc1n[nH]c(-c2cccc(Br)c2)n1)[C@H]1COc2ccccc2O1. The predicted molar refractivity (Wildman–Crippen MR) is 94.5 cm³/mol. The predicted octanol–water partition coefficient (Wildman–Crippen LogP) is 3.01. The molecule has 0 spiro atoms. The van der Waals surface area contributed by atoms with Gasteiger partial charge in [-0.2, -0.15) is 4.98 Å². The van der Waals surface area contributed by atoms with Crippen LogP contribution in [0.2, 0.25) is 0 Å². The molecule has 8 heteroatoms. The van der Waals surface area contributed by atoms with Crippen LogP contribution in [0.5, 0.6) is 11.5 Å². The quantitative estimate of drug-likeness (QED) is 0.705. The average Bonchev–Trinajstić information content (AvgIpc) is 3.10. The second-order valence-corrected chi connectivity index (χ2v) is 6.29. The number of nitrogens with one attached hydrogen (secondary N) is 2. The van der Waals surface area contributed by atoms with E-state index < -0.39 is 6.10 Å². The number of para-hydroxylation sites is 2. The molecule has 0 saturated heterocycles. The Balaban J connectivity index is 1.45. The van der Waals surface area contributed by atoms with Crippen molar-refractivity contribution in [3.05, 3.63) is 53.0 Å². The Hall–Kier alpha value is -2.87. The van der Waals surface area contributed by atoms with Crippen molar-refractivity contribution >= 4 is 27.8 Å². The summed E-state index contributed by atoms with van der Waals surface area (Å²) in [5.41, 5.74) is 0.855. The number of benzene rings is 2. The number of aromatic amines is 1. The maximum Gasteiger partial charge on any atom is 0.271 e. The number of nitrogens with zero attached hydrogens (tertiary/aromatic N) is 2. The number of rotatable bonds is 3. The van der Waals surface area contributed by atoms with E-state index in [-0.39, 0.29) is 18.5 Å². The summed E-state index contributed by atoms with van der Waals surface area (Å²) in [7, 11) is 0. The highest BCUT2D eigenvalue weighted by molar-refractivity contribution is 9.10. The van der Waals surface area contributed by atoms with Crippen molar-refractivity contribution in [1.29, 1.82) is 0 Å². The van der Waals surface area contributed by atoms with E-state index in [1.807, 2.05) is 36.4 Å². The Kier molecular flexibility index (Phi) is 4.10. The van der Waals surface area contributed by atoms with Crippen molar-refractivity contribution in [2.75, 3.05) is 11.9 Å². The molecule has 1 aliphatic rings. The molecular weight excluding hydrogens is 388 g/mol. The number of carbonyl (C=O) groups is 1. The number of anilines is 1. The topological polar surface area (TPSA) is 89.1 Å². The van der Waals surface area contributed by atoms with Crippen molar-refractivity contribution in [3.8, 4) is 22.9 Å². The van der Waals surface area contributed by atoms with Crippen molar-refractivity contribution < 1.29 is 14.3 Å². The number of fused-ring (bicyclic) bond motifs is 1. The summed E-state index contributed by atoms with van der Waals surface area (Å²) in [4.78, 5) is 16.6. The van der Waals surface area contributed by atoms with Crippen LogP contribution in [0.1, 0.15) is 0 Å². The summed E-state index contributed by atoms with van der Waals surface area (Å²) in [6.45, 7) is 0.131. The van der Waals surface area contributed by atoms with Crippen molar-refractivity contribution in [3.63, 3.8) is 0 Å². The number of H-pyrrole nitrogens is 1. The lowest BCUT2D eigenvalue weighted by Gasteiger charge is -2.25. The molecular formula is C17H13BrN4O3. The van der Waals surface area contributed by atoms with Crippen LogP contribution in [-0.4, -0.2) is 33.8 Å². The lowest BCUT2D eigenvalue weighted by molar-refractivity contribution is -0.125. The molecule has 1 aromatic heterocycles. The average molecular weight is 401 g/mol. The largest absolute Gasteiger partial charge is 0.485 e. The van der Waals surface area contributed by atoms with E-state index in [0.717, 1.165) is 10.0 Å². The molecule has 4 rings (SSSR count). The number of ether oxygens (including phenoxy) is 2. The first kappa shape index (κ1) is 15.6. The highest BCUT2D eigenvalue weighted by Gasteiger charge is 2.28. The molecule has 1 atom stereocenters. The first-order valence-electron chi connectivity index (χ1n) is 7.57. The number of carbonyl (C=O) groups excluding carboxylic acids is 1. The normalized spacial score (nSPS) is 15.6. The maximum atomic E-state index is 12.4. The summed E-state index contributed by atoms with van der Waals surface area (Å²) >= 11 is 3.41. The molecule has 0 aliphatic carbocycles. The monoisotopic (exact) mass is 400 g/mol. The molecule has 0 radical (unpaired) electrons. The Labute approximate surface area is 151 Å². The van der Waals surface area contributed by atoms with Crippen molar-refractivity contribution in [2.24, 2.45) is 0 Å². The summed E-state index contributed by atoms with van der Waals surface area (Å²) in [5.74, 6) is 1.54. The van der Waals surface area contributed by atoms with E-state index in [1.165, 1.54) is 0 Å². The summed E-state index contributed by atoms with van der Waals surface area (Å²) in [6.07, 6.45) is -0.761. The van der Waals surface area contributed by atoms with Gasteiger partial charge in [0.1, 0.15) is 6.61 Å². The third kappa shape index (κ3) is 3.34. The maximum absolute atomic E-state index is 12.4. The van der Waals surface area contributed by atoms with Gasteiger partial charge in [0.2, 0.25) is 12.1 Å². The van der Waals surface area contributed by atoms with Crippen LogP contribution in [0.3, 0.4) is 0 Å². The van der Waals surface area contributed by atoms with E-state index in [2.05, 4.69) is 36.4 Å². The van der Waals surface area contributed by atoms with E-state index >= 15 is 0 Å². The van der Waals surface area contributed by atoms with Gasteiger partial charge >= 0.3 is 0 Å². The highest BCUT2D eigenvalue weighted by atomic mass is 79.9. The van der Waals surface area contributed by atoms with Crippen molar-refractivity contribution in [2.45, 2.75) is 6.10 Å². The van der Waals surface area contributed by atoms with E-state index in [1.54, 1.807) is 12.1 Å². The van der Waals surface area contributed by atoms with Gasteiger partial charge in [0.05, 0.1) is 0 Å². The fourth-order valence-corrected chi connectivity index (χ4v) is 2.82. The van der Waals surface area contributed by atoms with E-state index in [9.17, 15) is 4.79 Å². The fourth-order valence-electron chi connectivity index (χ4n) is 2.42. The number of aromatic nitrogens is 3. The van der Waals surface area contributed by atoms with Gasteiger partial charge in [-0.3, -0.25) is 15.2 Å². The Morgan fingerprint density at radius 3 is 2.88 bits per heavy atom. The standard InChI is InChI=1S/C17H13BrN4O3/c18-11-5-3-4-10(8-11)15-19-17(22-21-15)20-16(23)14-9-24-12-6-1-2-7-13(12)25-14/h1-8,14H,9H2,(H2,19,20,21,22,23)/t14-/m1/s1. The van der Waals surface area contributed by atoms with E-state index in [4.69, 9.17) is 9.47 Å². The molecule has 7 nitrogen and oxygen atoms in total. The van der Waals surface area contributed by atoms with Gasteiger partial charge in [0, 0.05) is 10.0 Å². The molecule has 25 heavy (non-hydrogen) atoms. The lowest BCUT2D eigenvalue weighted by Crippen LogP contribution is -2.40. The van der Waals surface area contributed by atoms with Gasteiger partial charge in [-0.1, -0.05) is 40.2 Å². The smallest absolute Gasteiger partial charge is 0.271 e. The number of halogens is 1. The second kappa shape index (κ2) is 6.56. The zero-order valence-corrected chi connectivity index (χ0v) is 14.5. The molecule has 126 valence electrons. The minimum absolute atomic E-state index is 0.131. The van der Waals surface area contributed by atoms with Crippen LogP contribution in [0.25, 0.3) is 11.4 Å². The number of hydrogen-bond donors (Lipinski definition) is 2. The molecule has 2 aromatic carbocycles. The minimum atomic E-state index is -0.761. The van der Waals surface area contributed by atoms with Gasteiger partial charge in [-0.05, 0) is 24.3 Å². The molecule has 1 amide bonds. The van der Waals surface area contributed by atoms with Crippen LogP contribution in [0.15, 0.2) is 53.0 Å². The van der Waals surface area contributed by atoms with Gasteiger partial charge < -0.3 is 9.47 Å². The van der Waals surface area contributed by atoms with Crippen LogP contribution >= 0.6 is 15.9 Å². The van der Waals surface area contributed by atoms with Crippen LogP contribution in [0, 0.1) is 0 Å². The Morgan fingerprint density at radius 1 is 1.20 bits per heavy atom. The highest BCUT2D eigenvalue weighted by Crippen LogP contribution is 2.31. The van der Waals surface area contributed by atoms with Gasteiger partial charge in [0.15, 0.2) is 17.3 Å². The Morgan fingerprint density at radius 2 is 2.04 bits per heavy atom. The molecule has 2 N–H and O–H groups in total. The van der Waals surface area contributed by atoms with Gasteiger partial charge in [-0.25, -0.2) is 0 Å². The molecule has 0 saturated carbocycles. The Bertz CT molecular complexity index is 928. The number of hydrogen-bond acceptors (Lipinski definition) is 5. The molecule has 2 heterocycles. The minimum Gasteiger partial charge on any atom is -0.485 e. The zero-order valence-electron chi connectivity index (χ0n) is 12.9.